The second-order valence-electron chi connectivity index (χ2n) is 4.91. The molecule has 1 aliphatic heterocycles. The fourth-order valence-electron chi connectivity index (χ4n) is 2.07. The van der Waals surface area contributed by atoms with Crippen LogP contribution in [0.1, 0.15) is 25.0 Å². The van der Waals surface area contributed by atoms with Gasteiger partial charge >= 0.3 is 11.9 Å². The lowest BCUT2D eigenvalue weighted by molar-refractivity contribution is -0.402. The van der Waals surface area contributed by atoms with Gasteiger partial charge in [-0.3, -0.25) is 19.8 Å². The van der Waals surface area contributed by atoms with Gasteiger partial charge in [-0.15, -0.1) is 0 Å². The molecule has 2 N–H and O–H groups in total. The van der Waals surface area contributed by atoms with Gasteiger partial charge in [0.25, 0.3) is 5.91 Å². The number of nitro groups is 1. The van der Waals surface area contributed by atoms with E-state index in [-0.39, 0.29) is 18.2 Å². The molecule has 0 spiro atoms. The molecule has 3 amide bonds. The minimum atomic E-state index is -0.676. The van der Waals surface area contributed by atoms with Gasteiger partial charge < -0.3 is 10.2 Å². The van der Waals surface area contributed by atoms with Crippen LogP contribution >= 0.6 is 0 Å². The summed E-state index contributed by atoms with van der Waals surface area (Å²) in [5.41, 5.74) is 5.39. The molecule has 1 saturated heterocycles. The fraction of sp³-hybridized carbons (Fsp3) is 0.462. The third kappa shape index (κ3) is 4.13. The highest BCUT2D eigenvalue weighted by Gasteiger charge is 2.35. The maximum Gasteiger partial charge on any atom is 0.433 e. The Kier molecular flexibility index (Phi) is 5.41. The summed E-state index contributed by atoms with van der Waals surface area (Å²) >= 11 is 0. The van der Waals surface area contributed by atoms with E-state index in [0.717, 1.165) is 29.0 Å². The van der Waals surface area contributed by atoms with Gasteiger partial charge in [0.2, 0.25) is 0 Å². The third-order valence-electron chi connectivity index (χ3n) is 3.24. The van der Waals surface area contributed by atoms with E-state index >= 15 is 0 Å². The Hall–Kier alpha value is -2.75. The van der Waals surface area contributed by atoms with Crippen molar-refractivity contribution >= 4 is 24.0 Å². The highest BCUT2D eigenvalue weighted by molar-refractivity contribution is 6.02. The molecule has 10 nitrogen and oxygen atoms in total. The van der Waals surface area contributed by atoms with Gasteiger partial charge in [-0.05, 0) is 25.5 Å². The van der Waals surface area contributed by atoms with Gasteiger partial charge in [0.05, 0.1) is 12.3 Å². The van der Waals surface area contributed by atoms with Gasteiger partial charge in [0.15, 0.2) is 5.76 Å². The lowest BCUT2D eigenvalue weighted by Crippen LogP contribution is -2.32. The Balaban J connectivity index is 1.93. The molecule has 0 unspecified atom stereocenters. The number of carbonyl (C=O) groups is 2. The van der Waals surface area contributed by atoms with Gasteiger partial charge in [0.1, 0.15) is 11.5 Å². The average molecular weight is 323 g/mol. The van der Waals surface area contributed by atoms with Crippen molar-refractivity contribution in [1.82, 2.24) is 9.91 Å². The molecule has 0 aromatic carbocycles. The summed E-state index contributed by atoms with van der Waals surface area (Å²) in [4.78, 5) is 34.8. The van der Waals surface area contributed by atoms with Gasteiger partial charge in [-0.1, -0.05) is 6.42 Å². The molecule has 0 bridgehead atoms. The molecule has 0 saturated carbocycles. The largest absolute Gasteiger partial charge is 0.433 e. The number of hydrazone groups is 1. The number of urea groups is 1. The molecule has 1 aliphatic rings. The molecule has 2 heterocycles. The zero-order valence-corrected chi connectivity index (χ0v) is 12.4. The minimum absolute atomic E-state index is 0.123. The number of nitrogens with two attached hydrogens (primary N) is 1. The minimum Gasteiger partial charge on any atom is -0.400 e. The predicted octanol–water partition coefficient (Wildman–Crippen LogP) is 0.915. The molecule has 10 heteroatoms. The maximum atomic E-state index is 12.1. The zero-order chi connectivity index (χ0) is 16.8. The van der Waals surface area contributed by atoms with Crippen molar-refractivity contribution in [2.24, 2.45) is 10.8 Å². The van der Waals surface area contributed by atoms with Crippen LogP contribution in [-0.2, 0) is 4.79 Å². The van der Waals surface area contributed by atoms with E-state index in [1.807, 2.05) is 0 Å². The molecule has 1 aromatic rings. The summed E-state index contributed by atoms with van der Waals surface area (Å²) in [6, 6.07) is 2.02. The highest BCUT2D eigenvalue weighted by Crippen LogP contribution is 2.15. The van der Waals surface area contributed by atoms with E-state index in [9.17, 15) is 19.7 Å². The predicted molar refractivity (Wildman–Crippen MR) is 79.7 cm³/mol. The summed E-state index contributed by atoms with van der Waals surface area (Å²) in [6.45, 7) is 0.749. The zero-order valence-electron chi connectivity index (χ0n) is 12.4. The Labute approximate surface area is 131 Å². The van der Waals surface area contributed by atoms with Crippen molar-refractivity contribution < 1.29 is 18.9 Å². The smallest absolute Gasteiger partial charge is 0.400 e. The van der Waals surface area contributed by atoms with Crippen molar-refractivity contribution in [2.45, 2.75) is 19.3 Å². The maximum absolute atomic E-state index is 12.1. The number of carbonyl (C=O) groups excluding carboxylic acids is 2. The molecule has 124 valence electrons. The standard InChI is InChI=1S/C13H17N5O5/c14-6-2-1-3-7-16-11(19)9-17(13(16)20)15-8-10-4-5-12(23-10)18(21)22/h4-5,8H,1-3,6-7,9,14H2/b15-8+. The van der Waals surface area contributed by atoms with E-state index < -0.39 is 16.8 Å². The second kappa shape index (κ2) is 7.49. The molecule has 1 fully saturated rings. The molecular weight excluding hydrogens is 306 g/mol. The summed E-state index contributed by atoms with van der Waals surface area (Å²) < 4.78 is 4.89. The van der Waals surface area contributed by atoms with E-state index in [4.69, 9.17) is 10.2 Å². The van der Waals surface area contributed by atoms with Crippen LogP contribution < -0.4 is 5.73 Å². The first-order valence-corrected chi connectivity index (χ1v) is 7.13. The summed E-state index contributed by atoms with van der Waals surface area (Å²) in [5, 5.41) is 15.4. The van der Waals surface area contributed by atoms with Crippen LogP contribution in [0.25, 0.3) is 0 Å². The number of nitrogens with zero attached hydrogens (tertiary/aromatic N) is 4. The molecule has 1 aromatic heterocycles. The van der Waals surface area contributed by atoms with Crippen LogP contribution in [0.5, 0.6) is 0 Å². The van der Waals surface area contributed by atoms with Crippen LogP contribution in [0, 0.1) is 10.1 Å². The molecule has 0 radical (unpaired) electrons. The van der Waals surface area contributed by atoms with Gasteiger partial charge in [-0.2, -0.15) is 5.10 Å². The monoisotopic (exact) mass is 323 g/mol. The van der Waals surface area contributed by atoms with E-state index in [2.05, 4.69) is 5.10 Å². The van der Waals surface area contributed by atoms with Gasteiger partial charge in [0, 0.05) is 6.54 Å². The Morgan fingerprint density at radius 3 is 2.78 bits per heavy atom. The van der Waals surface area contributed by atoms with Crippen molar-refractivity contribution in [1.29, 1.82) is 0 Å². The number of imide groups is 1. The van der Waals surface area contributed by atoms with Crippen molar-refractivity contribution in [3.8, 4) is 0 Å². The molecule has 0 atom stereocenters. The van der Waals surface area contributed by atoms with Crippen LogP contribution in [0.3, 0.4) is 0 Å². The Morgan fingerprint density at radius 2 is 2.13 bits per heavy atom. The number of amides is 3. The molecule has 23 heavy (non-hydrogen) atoms. The van der Waals surface area contributed by atoms with E-state index in [0.29, 0.717) is 19.5 Å². The molecule has 0 aliphatic carbocycles. The van der Waals surface area contributed by atoms with Crippen molar-refractivity contribution in [3.63, 3.8) is 0 Å². The number of hydrogen-bond acceptors (Lipinski definition) is 7. The first-order valence-electron chi connectivity index (χ1n) is 7.13. The normalized spacial score (nSPS) is 15.2. The topological polar surface area (TPSA) is 135 Å². The molecule has 2 rings (SSSR count). The van der Waals surface area contributed by atoms with Gasteiger partial charge in [-0.25, -0.2) is 9.80 Å². The summed E-state index contributed by atoms with van der Waals surface area (Å²) in [7, 11) is 0. The number of furan rings is 1. The second-order valence-corrected chi connectivity index (χ2v) is 4.91. The number of unbranched alkanes of at least 4 members (excludes halogenated alkanes) is 2. The first-order chi connectivity index (χ1) is 11.0. The van der Waals surface area contributed by atoms with E-state index in [1.165, 1.54) is 12.1 Å². The molecular formula is C13H17N5O5. The third-order valence-corrected chi connectivity index (χ3v) is 3.24. The van der Waals surface area contributed by atoms with Crippen LogP contribution in [0.4, 0.5) is 10.7 Å². The van der Waals surface area contributed by atoms with E-state index in [1.54, 1.807) is 0 Å². The first kappa shape index (κ1) is 16.6. The Morgan fingerprint density at radius 1 is 1.35 bits per heavy atom. The lowest BCUT2D eigenvalue weighted by Gasteiger charge is -2.13. The lowest BCUT2D eigenvalue weighted by atomic mass is 10.2. The number of hydrogen-bond donors (Lipinski definition) is 1. The fourth-order valence-corrected chi connectivity index (χ4v) is 2.07. The van der Waals surface area contributed by atoms with Crippen LogP contribution in [0.2, 0.25) is 0 Å². The van der Waals surface area contributed by atoms with Crippen molar-refractivity contribution in [2.75, 3.05) is 19.6 Å². The van der Waals surface area contributed by atoms with Crippen LogP contribution in [-0.4, -0.2) is 52.6 Å². The summed E-state index contributed by atoms with van der Waals surface area (Å²) in [5.74, 6) is -0.625. The van der Waals surface area contributed by atoms with Crippen LogP contribution in [0.15, 0.2) is 21.7 Å². The number of rotatable bonds is 8. The Bertz CT molecular complexity index is 626. The van der Waals surface area contributed by atoms with Crippen molar-refractivity contribution in [3.05, 3.63) is 28.0 Å². The average Bonchev–Trinajstić information content (AvgIpc) is 3.08. The highest BCUT2D eigenvalue weighted by atomic mass is 16.6. The summed E-state index contributed by atoms with van der Waals surface area (Å²) in [6.07, 6.45) is 3.54. The SMILES string of the molecule is NCCCCCN1C(=O)CN(/N=C/c2ccc([N+](=O)[O-])o2)C1=O. The quantitative estimate of drug-likeness (QED) is 0.248.